The Morgan fingerprint density at radius 2 is 2.10 bits per heavy atom. The maximum Gasteiger partial charge on any atom is 0.0847 e. The van der Waals surface area contributed by atoms with Gasteiger partial charge < -0.3 is 5.32 Å². The quantitative estimate of drug-likeness (QED) is 0.795. The Kier molecular flexibility index (Phi) is 5.72. The van der Waals surface area contributed by atoms with E-state index in [1.807, 2.05) is 36.9 Å². The molecule has 1 aromatic heterocycles. The van der Waals surface area contributed by atoms with Crippen molar-refractivity contribution in [2.24, 2.45) is 0 Å². The van der Waals surface area contributed by atoms with Crippen molar-refractivity contribution in [3.8, 4) is 0 Å². The number of nitrogens with zero attached hydrogens (tertiary/aromatic N) is 2. The molecule has 0 fully saturated rings. The first kappa shape index (κ1) is 16.8. The van der Waals surface area contributed by atoms with Gasteiger partial charge in [0.25, 0.3) is 0 Å². The zero-order valence-electron chi connectivity index (χ0n) is 12.3. The highest BCUT2D eigenvalue weighted by Crippen LogP contribution is 2.30. The van der Waals surface area contributed by atoms with Crippen molar-refractivity contribution < 1.29 is 0 Å². The van der Waals surface area contributed by atoms with Gasteiger partial charge in [0.1, 0.15) is 0 Å². The van der Waals surface area contributed by atoms with Gasteiger partial charge in [0.05, 0.1) is 21.4 Å². The van der Waals surface area contributed by atoms with Gasteiger partial charge in [-0.05, 0) is 54.5 Å². The van der Waals surface area contributed by atoms with Gasteiger partial charge in [-0.15, -0.1) is 0 Å². The summed E-state index contributed by atoms with van der Waals surface area (Å²) in [4.78, 5) is 0. The van der Waals surface area contributed by atoms with E-state index in [2.05, 4.69) is 33.3 Å². The maximum atomic E-state index is 6.40. The average molecular weight is 391 g/mol. The number of hydrogen-bond acceptors (Lipinski definition) is 2. The fourth-order valence-electron chi connectivity index (χ4n) is 2.37. The maximum absolute atomic E-state index is 6.40. The van der Waals surface area contributed by atoms with E-state index in [9.17, 15) is 0 Å². The number of likely N-dealkylation sites (N-methyl/N-ethyl adjacent to an activating group) is 1. The first-order valence-corrected chi connectivity index (χ1v) is 8.36. The second-order valence-corrected chi connectivity index (χ2v) is 6.52. The molecule has 1 aromatic carbocycles. The molecule has 0 radical (unpaired) electrons. The Bertz CT molecular complexity index is 640. The third kappa shape index (κ3) is 3.62. The number of rotatable bonds is 5. The minimum Gasteiger partial charge on any atom is -0.313 e. The van der Waals surface area contributed by atoms with Gasteiger partial charge in [-0.1, -0.05) is 29.3 Å². The van der Waals surface area contributed by atoms with Crippen LogP contribution < -0.4 is 5.32 Å². The van der Waals surface area contributed by atoms with Crippen LogP contribution in [-0.4, -0.2) is 16.8 Å². The van der Waals surface area contributed by atoms with Gasteiger partial charge >= 0.3 is 0 Å². The van der Waals surface area contributed by atoms with Crippen molar-refractivity contribution in [2.45, 2.75) is 32.9 Å². The standard InChI is InChI=1S/C15H18BrCl2N3/c1-4-21-14(15(18)9(2)20-21)8-13(19-3)10-5-6-12(17)11(16)7-10/h5-7,13,19H,4,8H2,1-3H3. The van der Waals surface area contributed by atoms with Crippen molar-refractivity contribution in [2.75, 3.05) is 7.05 Å². The lowest BCUT2D eigenvalue weighted by Gasteiger charge is -2.18. The molecule has 0 aliphatic carbocycles. The first-order chi connectivity index (χ1) is 9.97. The summed E-state index contributed by atoms with van der Waals surface area (Å²) in [5, 5.41) is 9.27. The number of halogens is 3. The van der Waals surface area contributed by atoms with Crippen LogP contribution in [0.4, 0.5) is 0 Å². The number of nitrogens with one attached hydrogen (secondary N) is 1. The predicted molar refractivity (Wildman–Crippen MR) is 92.3 cm³/mol. The van der Waals surface area contributed by atoms with Crippen LogP contribution >= 0.6 is 39.1 Å². The highest BCUT2D eigenvalue weighted by molar-refractivity contribution is 9.10. The molecular formula is C15H18BrCl2N3. The second kappa shape index (κ2) is 7.14. The molecule has 1 unspecified atom stereocenters. The highest BCUT2D eigenvalue weighted by atomic mass is 79.9. The molecule has 1 atom stereocenters. The van der Waals surface area contributed by atoms with E-state index in [0.717, 1.165) is 39.4 Å². The second-order valence-electron chi connectivity index (χ2n) is 4.88. The van der Waals surface area contributed by atoms with Crippen molar-refractivity contribution in [1.82, 2.24) is 15.1 Å². The van der Waals surface area contributed by atoms with Crippen LogP contribution in [-0.2, 0) is 13.0 Å². The molecule has 1 heterocycles. The summed E-state index contributed by atoms with van der Waals surface area (Å²) in [5.74, 6) is 0. The summed E-state index contributed by atoms with van der Waals surface area (Å²) in [6.07, 6.45) is 0.776. The van der Waals surface area contributed by atoms with E-state index >= 15 is 0 Å². The Balaban J connectivity index is 2.33. The van der Waals surface area contributed by atoms with E-state index in [1.54, 1.807) is 0 Å². The van der Waals surface area contributed by atoms with Crippen LogP contribution in [0.1, 0.15) is 29.9 Å². The third-order valence-corrected chi connectivity index (χ3v) is 5.25. The lowest BCUT2D eigenvalue weighted by Crippen LogP contribution is -2.20. The van der Waals surface area contributed by atoms with Crippen LogP contribution in [0, 0.1) is 6.92 Å². The molecule has 0 aliphatic heterocycles. The molecule has 0 saturated heterocycles. The molecule has 21 heavy (non-hydrogen) atoms. The lowest BCUT2D eigenvalue weighted by molar-refractivity contribution is 0.541. The highest BCUT2D eigenvalue weighted by Gasteiger charge is 2.18. The molecular weight excluding hydrogens is 373 g/mol. The normalized spacial score (nSPS) is 12.7. The van der Waals surface area contributed by atoms with E-state index in [1.165, 1.54) is 0 Å². The fraction of sp³-hybridized carbons (Fsp3) is 0.400. The molecule has 2 aromatic rings. The first-order valence-electron chi connectivity index (χ1n) is 6.81. The number of aryl methyl sites for hydroxylation is 2. The van der Waals surface area contributed by atoms with Gasteiger partial charge in [-0.2, -0.15) is 5.10 Å². The topological polar surface area (TPSA) is 29.9 Å². The number of benzene rings is 1. The Morgan fingerprint density at radius 1 is 1.38 bits per heavy atom. The van der Waals surface area contributed by atoms with E-state index in [4.69, 9.17) is 23.2 Å². The number of hydrogen-bond donors (Lipinski definition) is 1. The summed E-state index contributed by atoms with van der Waals surface area (Å²) in [6, 6.07) is 6.12. The number of aromatic nitrogens is 2. The lowest BCUT2D eigenvalue weighted by atomic mass is 10.0. The third-order valence-electron chi connectivity index (χ3n) is 3.54. The zero-order chi connectivity index (χ0) is 15.6. The fourth-order valence-corrected chi connectivity index (χ4v) is 3.10. The van der Waals surface area contributed by atoms with Crippen LogP contribution in [0.3, 0.4) is 0 Å². The summed E-state index contributed by atoms with van der Waals surface area (Å²) in [6.45, 7) is 4.81. The monoisotopic (exact) mass is 389 g/mol. The smallest absolute Gasteiger partial charge is 0.0847 e. The molecule has 114 valence electrons. The summed E-state index contributed by atoms with van der Waals surface area (Å²) in [7, 11) is 1.95. The van der Waals surface area contributed by atoms with Crippen LogP contribution in [0.25, 0.3) is 0 Å². The Hall–Kier alpha value is -0.550. The van der Waals surface area contributed by atoms with Gasteiger partial charge in [-0.3, -0.25) is 4.68 Å². The largest absolute Gasteiger partial charge is 0.313 e. The van der Waals surface area contributed by atoms with Gasteiger partial charge in [0.15, 0.2) is 0 Å². The molecule has 0 amide bonds. The molecule has 0 aliphatic rings. The van der Waals surface area contributed by atoms with Gasteiger partial charge in [0, 0.05) is 23.5 Å². The van der Waals surface area contributed by atoms with Crippen LogP contribution in [0.5, 0.6) is 0 Å². The van der Waals surface area contributed by atoms with Crippen LogP contribution in [0.2, 0.25) is 10.0 Å². The Morgan fingerprint density at radius 3 is 2.67 bits per heavy atom. The molecule has 0 bridgehead atoms. The van der Waals surface area contributed by atoms with Crippen molar-refractivity contribution in [1.29, 1.82) is 0 Å². The zero-order valence-corrected chi connectivity index (χ0v) is 15.3. The molecule has 6 heteroatoms. The molecule has 0 spiro atoms. The van der Waals surface area contributed by atoms with E-state index < -0.39 is 0 Å². The minimum atomic E-state index is 0.150. The SMILES string of the molecule is CCn1nc(C)c(Cl)c1CC(NC)c1ccc(Cl)c(Br)c1. The minimum absolute atomic E-state index is 0.150. The van der Waals surface area contributed by atoms with Crippen molar-refractivity contribution >= 4 is 39.1 Å². The average Bonchev–Trinajstić information content (AvgIpc) is 2.75. The predicted octanol–water partition coefficient (Wildman–Crippen LogP) is 4.78. The molecule has 1 N–H and O–H groups in total. The van der Waals surface area contributed by atoms with Crippen LogP contribution in [0.15, 0.2) is 22.7 Å². The van der Waals surface area contributed by atoms with E-state index in [-0.39, 0.29) is 6.04 Å². The van der Waals surface area contributed by atoms with Crippen molar-refractivity contribution in [3.63, 3.8) is 0 Å². The molecule has 3 nitrogen and oxygen atoms in total. The molecule has 2 rings (SSSR count). The summed E-state index contributed by atoms with van der Waals surface area (Å²) < 4.78 is 2.86. The summed E-state index contributed by atoms with van der Waals surface area (Å²) >= 11 is 15.9. The van der Waals surface area contributed by atoms with Crippen molar-refractivity contribution in [3.05, 3.63) is 49.7 Å². The Labute approximate surface area is 143 Å². The van der Waals surface area contributed by atoms with E-state index in [0.29, 0.717) is 5.02 Å². The summed E-state index contributed by atoms with van der Waals surface area (Å²) in [5.41, 5.74) is 3.09. The van der Waals surface area contributed by atoms with Gasteiger partial charge in [-0.25, -0.2) is 0 Å². The molecule has 0 saturated carbocycles. The van der Waals surface area contributed by atoms with Gasteiger partial charge in [0.2, 0.25) is 0 Å².